The van der Waals surface area contributed by atoms with E-state index in [4.69, 9.17) is 0 Å². The Morgan fingerprint density at radius 1 is 1.78 bits per heavy atom. The number of hydrogen-bond acceptors (Lipinski definition) is 2. The Morgan fingerprint density at radius 2 is 2.33 bits per heavy atom. The van der Waals surface area contributed by atoms with Crippen LogP contribution in [0.5, 0.6) is 0 Å². The Balaban J connectivity index is 3.27. The second-order valence-electron chi connectivity index (χ2n) is 1.98. The van der Waals surface area contributed by atoms with Crippen molar-refractivity contribution in [3.05, 3.63) is 12.7 Å². The fourth-order valence-corrected chi connectivity index (χ4v) is 0.308. The van der Waals surface area contributed by atoms with Crippen molar-refractivity contribution in [2.75, 3.05) is 20.8 Å². The predicted molar refractivity (Wildman–Crippen MR) is 36.9 cm³/mol. The highest BCUT2D eigenvalue weighted by atomic mass is 16.1. The zero-order valence-corrected chi connectivity index (χ0v) is 5.85. The molecule has 0 rings (SSSR count). The summed E-state index contributed by atoms with van der Waals surface area (Å²) in [6, 6.07) is 0. The number of carbonyl (C=O) groups is 1. The zero-order chi connectivity index (χ0) is 7.28. The molecule has 0 aliphatic heterocycles. The van der Waals surface area contributed by atoms with Gasteiger partial charge in [-0.15, -0.1) is 0 Å². The summed E-state index contributed by atoms with van der Waals surface area (Å²) in [6.07, 6.45) is 1.25. The molecule has 0 fully saturated rings. The molecule has 0 heterocycles. The molecular weight excluding hydrogens is 116 g/mol. The van der Waals surface area contributed by atoms with Crippen molar-refractivity contribution in [2.45, 2.75) is 0 Å². The summed E-state index contributed by atoms with van der Waals surface area (Å²) in [4.78, 5) is 12.3. The third kappa shape index (κ3) is 5.03. The second-order valence-corrected chi connectivity index (χ2v) is 1.98. The molecule has 0 saturated carbocycles. The molecule has 0 radical (unpaired) electrons. The Morgan fingerprint density at radius 3 is 2.67 bits per heavy atom. The fraction of sp³-hybridized carbons (Fsp3) is 0.500. The average Bonchev–Trinajstić information content (AvgIpc) is 1.83. The lowest BCUT2D eigenvalue weighted by Gasteiger charge is -2.08. The van der Waals surface area contributed by atoms with Gasteiger partial charge in [0, 0.05) is 0 Å². The smallest absolute Gasteiger partial charge is 0.244 e. The molecule has 3 heteroatoms. The molecule has 0 unspecified atom stereocenters. The van der Waals surface area contributed by atoms with E-state index in [1.165, 1.54) is 6.08 Å². The van der Waals surface area contributed by atoms with Gasteiger partial charge >= 0.3 is 0 Å². The van der Waals surface area contributed by atoms with Gasteiger partial charge < -0.3 is 5.32 Å². The maximum atomic E-state index is 10.5. The number of nitrogens with one attached hydrogen (secondary N) is 1. The van der Waals surface area contributed by atoms with Gasteiger partial charge in [-0.25, -0.2) is 0 Å². The third-order valence-electron chi connectivity index (χ3n) is 0.755. The van der Waals surface area contributed by atoms with Crippen LogP contribution in [-0.2, 0) is 4.79 Å². The summed E-state index contributed by atoms with van der Waals surface area (Å²) in [5.41, 5.74) is 0. The highest BCUT2D eigenvalue weighted by Crippen LogP contribution is 1.69. The lowest BCUT2D eigenvalue weighted by Crippen LogP contribution is -2.31. The van der Waals surface area contributed by atoms with E-state index in [1.807, 2.05) is 19.0 Å². The van der Waals surface area contributed by atoms with Gasteiger partial charge in [0.2, 0.25) is 5.91 Å². The third-order valence-corrected chi connectivity index (χ3v) is 0.755. The Kier molecular flexibility index (Phi) is 3.71. The van der Waals surface area contributed by atoms with Crippen LogP contribution in [-0.4, -0.2) is 31.6 Å². The van der Waals surface area contributed by atoms with Crippen LogP contribution in [0.15, 0.2) is 12.7 Å². The van der Waals surface area contributed by atoms with Crippen molar-refractivity contribution in [3.63, 3.8) is 0 Å². The molecule has 3 nitrogen and oxygen atoms in total. The molecule has 1 amide bonds. The van der Waals surface area contributed by atoms with E-state index in [1.54, 1.807) is 0 Å². The van der Waals surface area contributed by atoms with Gasteiger partial charge in [-0.1, -0.05) is 6.58 Å². The molecule has 1 N–H and O–H groups in total. The van der Waals surface area contributed by atoms with Crippen LogP contribution >= 0.6 is 0 Å². The van der Waals surface area contributed by atoms with Gasteiger partial charge in [-0.3, -0.25) is 9.69 Å². The van der Waals surface area contributed by atoms with E-state index >= 15 is 0 Å². The van der Waals surface area contributed by atoms with Crippen molar-refractivity contribution >= 4 is 5.91 Å². The quantitative estimate of drug-likeness (QED) is 0.422. The molecule has 0 atom stereocenters. The molecule has 52 valence electrons. The molecule has 9 heavy (non-hydrogen) atoms. The van der Waals surface area contributed by atoms with Crippen LogP contribution in [0, 0.1) is 0 Å². The summed E-state index contributed by atoms with van der Waals surface area (Å²) in [5.74, 6) is -0.135. The van der Waals surface area contributed by atoms with Crippen molar-refractivity contribution in [1.29, 1.82) is 0 Å². The maximum absolute atomic E-state index is 10.5. The molecule has 0 aromatic rings. The summed E-state index contributed by atoms with van der Waals surface area (Å²) >= 11 is 0. The van der Waals surface area contributed by atoms with Crippen LogP contribution < -0.4 is 5.32 Å². The summed E-state index contributed by atoms with van der Waals surface area (Å²) in [5, 5.41) is 2.60. The minimum Gasteiger partial charge on any atom is -0.340 e. The average molecular weight is 128 g/mol. The van der Waals surface area contributed by atoms with Crippen molar-refractivity contribution in [2.24, 2.45) is 0 Å². The first kappa shape index (κ1) is 8.17. The van der Waals surface area contributed by atoms with Gasteiger partial charge in [-0.2, -0.15) is 0 Å². The van der Waals surface area contributed by atoms with Crippen LogP contribution in [0.3, 0.4) is 0 Å². The molecule has 0 bridgehead atoms. The van der Waals surface area contributed by atoms with Gasteiger partial charge in [0.05, 0.1) is 6.67 Å². The Bertz CT molecular complexity index is 110. The van der Waals surface area contributed by atoms with E-state index < -0.39 is 0 Å². The maximum Gasteiger partial charge on any atom is 0.244 e. The first-order valence-electron chi connectivity index (χ1n) is 2.72. The van der Waals surface area contributed by atoms with Crippen molar-refractivity contribution < 1.29 is 4.79 Å². The van der Waals surface area contributed by atoms with E-state index in [0.29, 0.717) is 6.67 Å². The van der Waals surface area contributed by atoms with Crippen molar-refractivity contribution in [3.8, 4) is 0 Å². The molecule has 0 aliphatic carbocycles. The molecule has 0 aliphatic rings. The first-order valence-corrected chi connectivity index (χ1v) is 2.72. The van der Waals surface area contributed by atoms with E-state index in [2.05, 4.69) is 11.9 Å². The topological polar surface area (TPSA) is 32.3 Å². The second kappa shape index (κ2) is 4.09. The van der Waals surface area contributed by atoms with E-state index in [-0.39, 0.29) is 5.91 Å². The standard InChI is InChI=1S/C6H12N2O/c1-4-6(9)7-5-8(2)3/h4H,1,5H2,2-3H3,(H,7,9). The van der Waals surface area contributed by atoms with Gasteiger partial charge in [0.15, 0.2) is 0 Å². The lowest BCUT2D eigenvalue weighted by molar-refractivity contribution is -0.117. The summed E-state index contributed by atoms with van der Waals surface area (Å²) < 4.78 is 0. The largest absolute Gasteiger partial charge is 0.340 e. The number of amides is 1. The normalized spacial score (nSPS) is 9.22. The number of hydrogen-bond donors (Lipinski definition) is 1. The molecular formula is C6H12N2O. The highest BCUT2D eigenvalue weighted by Gasteiger charge is 1.91. The number of carbonyl (C=O) groups excluding carboxylic acids is 1. The zero-order valence-electron chi connectivity index (χ0n) is 5.85. The van der Waals surface area contributed by atoms with Gasteiger partial charge in [-0.05, 0) is 20.2 Å². The summed E-state index contributed by atoms with van der Waals surface area (Å²) in [7, 11) is 3.76. The minimum atomic E-state index is -0.135. The molecule has 0 aromatic carbocycles. The number of rotatable bonds is 3. The highest BCUT2D eigenvalue weighted by molar-refractivity contribution is 5.86. The fourth-order valence-electron chi connectivity index (χ4n) is 0.308. The van der Waals surface area contributed by atoms with Crippen molar-refractivity contribution in [1.82, 2.24) is 10.2 Å². The molecule has 0 saturated heterocycles. The Labute approximate surface area is 55.3 Å². The summed E-state index contributed by atoms with van der Waals surface area (Å²) in [6.45, 7) is 3.87. The van der Waals surface area contributed by atoms with E-state index in [9.17, 15) is 4.79 Å². The molecule has 0 aromatic heterocycles. The number of nitrogens with zero attached hydrogens (tertiary/aromatic N) is 1. The predicted octanol–water partition coefficient (Wildman–Crippen LogP) is -0.192. The monoisotopic (exact) mass is 128 g/mol. The Hall–Kier alpha value is -0.830. The first-order chi connectivity index (χ1) is 4.16. The van der Waals surface area contributed by atoms with Crippen LogP contribution in [0.1, 0.15) is 0 Å². The molecule has 0 spiro atoms. The van der Waals surface area contributed by atoms with Crippen LogP contribution in [0.4, 0.5) is 0 Å². The van der Waals surface area contributed by atoms with E-state index in [0.717, 1.165) is 0 Å². The van der Waals surface area contributed by atoms with Crippen LogP contribution in [0.2, 0.25) is 0 Å². The minimum absolute atomic E-state index is 0.135. The SMILES string of the molecule is C=CC(=O)NCN(C)C. The van der Waals surface area contributed by atoms with Gasteiger partial charge in [0.25, 0.3) is 0 Å². The van der Waals surface area contributed by atoms with Gasteiger partial charge in [0.1, 0.15) is 0 Å². The lowest BCUT2D eigenvalue weighted by atomic mass is 10.6. The van der Waals surface area contributed by atoms with Crippen LogP contribution in [0.25, 0.3) is 0 Å².